The highest BCUT2D eigenvalue weighted by Crippen LogP contribution is 2.20. The first-order valence-electron chi connectivity index (χ1n) is 9.38. The number of guanidine groups is 1. The van der Waals surface area contributed by atoms with Gasteiger partial charge in [-0.3, -0.25) is 4.99 Å². The SMILES string of the molecule is CCNC(=NCC1CCCCN1C(=O)OC(C)(C)C)NCCCOC. The second-order valence-corrected chi connectivity index (χ2v) is 7.32. The van der Waals surface area contributed by atoms with E-state index in [0.29, 0.717) is 6.54 Å². The van der Waals surface area contributed by atoms with Crippen molar-refractivity contribution in [2.45, 2.75) is 65.0 Å². The Labute approximate surface area is 152 Å². The average Bonchev–Trinajstić information content (AvgIpc) is 2.55. The third-order valence-electron chi connectivity index (χ3n) is 3.88. The minimum Gasteiger partial charge on any atom is -0.444 e. The number of nitrogens with zero attached hydrogens (tertiary/aromatic N) is 2. The van der Waals surface area contributed by atoms with E-state index in [4.69, 9.17) is 9.47 Å². The zero-order valence-electron chi connectivity index (χ0n) is 16.6. The number of hydrogen-bond acceptors (Lipinski definition) is 4. The van der Waals surface area contributed by atoms with Gasteiger partial charge >= 0.3 is 6.09 Å². The molecule has 0 radical (unpaired) electrons. The summed E-state index contributed by atoms with van der Waals surface area (Å²) < 4.78 is 10.6. The van der Waals surface area contributed by atoms with Crippen LogP contribution in [-0.2, 0) is 9.47 Å². The fraction of sp³-hybridized carbons (Fsp3) is 0.889. The molecule has 7 heteroatoms. The molecular formula is C18H36N4O3. The summed E-state index contributed by atoms with van der Waals surface area (Å²) in [7, 11) is 1.70. The van der Waals surface area contributed by atoms with Gasteiger partial charge in [-0.1, -0.05) is 0 Å². The van der Waals surface area contributed by atoms with Crippen LogP contribution >= 0.6 is 0 Å². The molecule has 1 rings (SSSR count). The third-order valence-corrected chi connectivity index (χ3v) is 3.88. The summed E-state index contributed by atoms with van der Waals surface area (Å²) in [6.45, 7) is 11.4. The maximum atomic E-state index is 12.4. The zero-order valence-corrected chi connectivity index (χ0v) is 16.6. The lowest BCUT2D eigenvalue weighted by atomic mass is 10.0. The van der Waals surface area contributed by atoms with Gasteiger partial charge in [0.25, 0.3) is 0 Å². The normalized spacial score (nSPS) is 18.8. The zero-order chi connectivity index (χ0) is 18.7. The summed E-state index contributed by atoms with van der Waals surface area (Å²) in [4.78, 5) is 19.0. The van der Waals surface area contributed by atoms with Crippen molar-refractivity contribution in [2.24, 2.45) is 4.99 Å². The summed E-state index contributed by atoms with van der Waals surface area (Å²) in [5.41, 5.74) is -0.472. The van der Waals surface area contributed by atoms with E-state index in [9.17, 15) is 4.79 Å². The van der Waals surface area contributed by atoms with Crippen LogP contribution in [0, 0.1) is 0 Å². The number of nitrogens with one attached hydrogen (secondary N) is 2. The summed E-state index contributed by atoms with van der Waals surface area (Å²) >= 11 is 0. The highest BCUT2D eigenvalue weighted by atomic mass is 16.6. The van der Waals surface area contributed by atoms with Gasteiger partial charge in [-0.15, -0.1) is 0 Å². The molecule has 25 heavy (non-hydrogen) atoms. The van der Waals surface area contributed by atoms with Crippen molar-refractivity contribution in [3.05, 3.63) is 0 Å². The van der Waals surface area contributed by atoms with Crippen LogP contribution < -0.4 is 10.6 Å². The summed E-state index contributed by atoms with van der Waals surface area (Å²) in [6, 6.07) is 0.0954. The topological polar surface area (TPSA) is 75.2 Å². The number of amides is 1. The van der Waals surface area contributed by atoms with Crippen LogP contribution in [0.2, 0.25) is 0 Å². The standard InChI is InChI=1S/C18H36N4O3/c1-6-19-16(20-11-9-13-24-5)21-14-15-10-7-8-12-22(15)17(23)25-18(2,3)4/h15H,6-14H2,1-5H3,(H2,19,20,21). The van der Waals surface area contributed by atoms with E-state index in [1.54, 1.807) is 7.11 Å². The lowest BCUT2D eigenvalue weighted by Gasteiger charge is -2.36. The Hall–Kier alpha value is -1.50. The number of piperidine rings is 1. The van der Waals surface area contributed by atoms with Crippen LogP contribution in [0.25, 0.3) is 0 Å². The molecule has 0 aliphatic carbocycles. The van der Waals surface area contributed by atoms with Crippen LogP contribution in [-0.4, -0.2) is 68.5 Å². The smallest absolute Gasteiger partial charge is 0.410 e. The Morgan fingerprint density at radius 1 is 1.28 bits per heavy atom. The van der Waals surface area contributed by atoms with Gasteiger partial charge in [-0.05, 0) is 53.4 Å². The number of rotatable bonds is 7. The van der Waals surface area contributed by atoms with Gasteiger partial charge in [-0.2, -0.15) is 0 Å². The van der Waals surface area contributed by atoms with Crippen LogP contribution in [0.4, 0.5) is 4.79 Å². The molecule has 1 aliphatic rings. The van der Waals surface area contributed by atoms with Gasteiger partial charge in [0.15, 0.2) is 5.96 Å². The van der Waals surface area contributed by atoms with Crippen molar-refractivity contribution >= 4 is 12.1 Å². The fourth-order valence-corrected chi connectivity index (χ4v) is 2.71. The monoisotopic (exact) mass is 356 g/mol. The molecule has 0 bridgehead atoms. The van der Waals surface area contributed by atoms with Crippen molar-refractivity contribution in [2.75, 3.05) is 39.9 Å². The van der Waals surface area contributed by atoms with Crippen LogP contribution in [0.15, 0.2) is 4.99 Å². The van der Waals surface area contributed by atoms with E-state index < -0.39 is 5.60 Å². The van der Waals surface area contributed by atoms with Gasteiger partial charge in [0.1, 0.15) is 5.60 Å². The molecule has 1 unspecified atom stereocenters. The molecule has 1 heterocycles. The summed E-state index contributed by atoms with van der Waals surface area (Å²) in [5, 5.41) is 6.55. The van der Waals surface area contributed by atoms with Gasteiger partial charge in [-0.25, -0.2) is 4.79 Å². The molecule has 1 amide bonds. The maximum Gasteiger partial charge on any atom is 0.410 e. The Kier molecular flexibility index (Phi) is 9.63. The van der Waals surface area contributed by atoms with E-state index in [1.807, 2.05) is 32.6 Å². The molecule has 1 aliphatic heterocycles. The number of carbonyl (C=O) groups excluding carboxylic acids is 1. The first kappa shape index (κ1) is 21.5. The van der Waals surface area contributed by atoms with Crippen molar-refractivity contribution in [3.8, 4) is 0 Å². The predicted molar refractivity (Wildman–Crippen MR) is 101 cm³/mol. The van der Waals surface area contributed by atoms with Crippen LogP contribution in [0.1, 0.15) is 53.4 Å². The number of hydrogen-bond donors (Lipinski definition) is 2. The van der Waals surface area contributed by atoms with Crippen molar-refractivity contribution in [3.63, 3.8) is 0 Å². The molecule has 2 N–H and O–H groups in total. The summed E-state index contributed by atoms with van der Waals surface area (Å²) in [5.74, 6) is 0.785. The quantitative estimate of drug-likeness (QED) is 0.416. The van der Waals surface area contributed by atoms with Crippen molar-refractivity contribution in [1.29, 1.82) is 0 Å². The Bertz CT molecular complexity index is 421. The minimum atomic E-state index is -0.472. The molecule has 146 valence electrons. The number of ether oxygens (including phenoxy) is 2. The predicted octanol–water partition coefficient (Wildman–Crippen LogP) is 2.37. The molecule has 0 aromatic rings. The molecule has 0 spiro atoms. The fourth-order valence-electron chi connectivity index (χ4n) is 2.71. The van der Waals surface area contributed by atoms with Crippen LogP contribution in [0.3, 0.4) is 0 Å². The maximum absolute atomic E-state index is 12.4. The van der Waals surface area contributed by atoms with Crippen LogP contribution in [0.5, 0.6) is 0 Å². The van der Waals surface area contributed by atoms with Gasteiger partial charge < -0.3 is 25.0 Å². The third kappa shape index (κ3) is 8.95. The lowest BCUT2D eigenvalue weighted by molar-refractivity contribution is 0.0109. The van der Waals surface area contributed by atoms with Gasteiger partial charge in [0.2, 0.25) is 0 Å². The van der Waals surface area contributed by atoms with Gasteiger partial charge in [0, 0.05) is 33.4 Å². The van der Waals surface area contributed by atoms with E-state index in [0.717, 1.165) is 57.9 Å². The van der Waals surface area contributed by atoms with Gasteiger partial charge in [0.05, 0.1) is 12.6 Å². The van der Waals surface area contributed by atoms with Crippen molar-refractivity contribution in [1.82, 2.24) is 15.5 Å². The van der Waals surface area contributed by atoms with Crippen molar-refractivity contribution < 1.29 is 14.3 Å². The molecule has 0 saturated carbocycles. The molecular weight excluding hydrogens is 320 g/mol. The Balaban J connectivity index is 2.62. The van der Waals surface area contributed by atoms with E-state index >= 15 is 0 Å². The Morgan fingerprint density at radius 3 is 2.68 bits per heavy atom. The number of methoxy groups -OCH3 is 1. The average molecular weight is 357 g/mol. The van der Waals surface area contributed by atoms with E-state index in [1.165, 1.54) is 0 Å². The molecule has 1 saturated heterocycles. The number of aliphatic imine (C=N–C) groups is 1. The Morgan fingerprint density at radius 2 is 2.04 bits per heavy atom. The molecule has 1 fully saturated rings. The number of likely N-dealkylation sites (tertiary alicyclic amines) is 1. The number of carbonyl (C=O) groups is 1. The van der Waals surface area contributed by atoms with E-state index in [2.05, 4.69) is 15.6 Å². The minimum absolute atomic E-state index is 0.0954. The second kappa shape index (κ2) is 11.2. The molecule has 0 aromatic heterocycles. The lowest BCUT2D eigenvalue weighted by Crippen LogP contribution is -2.48. The molecule has 0 aromatic carbocycles. The first-order chi connectivity index (χ1) is 11.9. The largest absolute Gasteiger partial charge is 0.444 e. The highest BCUT2D eigenvalue weighted by Gasteiger charge is 2.30. The van der Waals surface area contributed by atoms with E-state index in [-0.39, 0.29) is 12.1 Å². The summed E-state index contributed by atoms with van der Waals surface area (Å²) in [6.07, 6.45) is 3.80. The molecule has 7 nitrogen and oxygen atoms in total. The molecule has 1 atom stereocenters. The highest BCUT2D eigenvalue weighted by molar-refractivity contribution is 5.79. The second-order valence-electron chi connectivity index (χ2n) is 7.32. The first-order valence-corrected chi connectivity index (χ1v) is 9.38.